The number of aliphatic imine (C=N–C) groups is 1. The van der Waals surface area contributed by atoms with Crippen LogP contribution in [0.5, 0.6) is 0 Å². The van der Waals surface area contributed by atoms with Crippen LogP contribution in [-0.4, -0.2) is 55.0 Å². The standard InChI is InChI=1S/C13H26N4/c1-16-9-7-12(8-10-16)17(2)13(14)15-11-5-3-4-6-11/h11-12H,3-10H2,1-2H3,(H2,14,15). The van der Waals surface area contributed by atoms with Gasteiger partial charge >= 0.3 is 0 Å². The molecule has 98 valence electrons. The Hall–Kier alpha value is -0.770. The molecule has 0 bridgehead atoms. The number of nitrogens with zero attached hydrogens (tertiary/aromatic N) is 3. The molecule has 2 aliphatic rings. The average Bonchev–Trinajstić information content (AvgIpc) is 2.82. The van der Waals surface area contributed by atoms with E-state index in [9.17, 15) is 0 Å². The van der Waals surface area contributed by atoms with E-state index in [1.807, 2.05) is 0 Å². The van der Waals surface area contributed by atoms with Crippen LogP contribution < -0.4 is 5.73 Å². The van der Waals surface area contributed by atoms with Gasteiger partial charge in [0.2, 0.25) is 0 Å². The highest BCUT2D eigenvalue weighted by Gasteiger charge is 2.22. The third kappa shape index (κ3) is 3.35. The number of hydrogen-bond acceptors (Lipinski definition) is 2. The highest BCUT2D eigenvalue weighted by Crippen LogP contribution is 2.21. The van der Waals surface area contributed by atoms with Crippen LogP contribution in [0.2, 0.25) is 0 Å². The third-order valence-corrected chi connectivity index (χ3v) is 4.24. The summed E-state index contributed by atoms with van der Waals surface area (Å²) in [4.78, 5) is 9.26. The lowest BCUT2D eigenvalue weighted by Crippen LogP contribution is -2.47. The summed E-state index contributed by atoms with van der Waals surface area (Å²) in [7, 11) is 4.29. The smallest absolute Gasteiger partial charge is 0.191 e. The molecule has 0 unspecified atom stereocenters. The van der Waals surface area contributed by atoms with E-state index in [1.165, 1.54) is 51.6 Å². The van der Waals surface area contributed by atoms with Crippen molar-refractivity contribution in [3.05, 3.63) is 0 Å². The zero-order chi connectivity index (χ0) is 12.3. The van der Waals surface area contributed by atoms with Crippen LogP contribution in [0.4, 0.5) is 0 Å². The summed E-state index contributed by atoms with van der Waals surface area (Å²) in [5.41, 5.74) is 6.12. The molecule has 2 rings (SSSR count). The Kier molecular flexibility index (Phi) is 4.26. The highest BCUT2D eigenvalue weighted by atomic mass is 15.3. The van der Waals surface area contributed by atoms with E-state index >= 15 is 0 Å². The van der Waals surface area contributed by atoms with Gasteiger partial charge in [0.15, 0.2) is 5.96 Å². The molecule has 1 aliphatic heterocycles. The van der Waals surface area contributed by atoms with Crippen LogP contribution in [0.15, 0.2) is 4.99 Å². The van der Waals surface area contributed by atoms with Crippen molar-refractivity contribution >= 4 is 5.96 Å². The van der Waals surface area contributed by atoms with Crippen LogP contribution in [-0.2, 0) is 0 Å². The van der Waals surface area contributed by atoms with E-state index in [-0.39, 0.29) is 0 Å². The number of nitrogens with two attached hydrogens (primary N) is 1. The molecule has 1 aliphatic carbocycles. The lowest BCUT2D eigenvalue weighted by molar-refractivity contribution is 0.191. The first kappa shape index (κ1) is 12.7. The Morgan fingerprint density at radius 1 is 1.18 bits per heavy atom. The van der Waals surface area contributed by atoms with Gasteiger partial charge in [-0.2, -0.15) is 0 Å². The summed E-state index contributed by atoms with van der Waals surface area (Å²) in [6, 6.07) is 1.07. The first-order valence-corrected chi connectivity index (χ1v) is 6.91. The van der Waals surface area contributed by atoms with Crippen molar-refractivity contribution in [3.8, 4) is 0 Å². The van der Waals surface area contributed by atoms with E-state index in [0.717, 1.165) is 5.96 Å². The molecule has 1 heterocycles. The summed E-state index contributed by atoms with van der Waals surface area (Å²) in [6.45, 7) is 2.34. The number of rotatable bonds is 2. The molecule has 2 fully saturated rings. The Morgan fingerprint density at radius 3 is 2.35 bits per heavy atom. The van der Waals surface area contributed by atoms with Gasteiger partial charge in [0, 0.05) is 13.1 Å². The van der Waals surface area contributed by atoms with Crippen molar-refractivity contribution in [1.29, 1.82) is 0 Å². The van der Waals surface area contributed by atoms with E-state index in [4.69, 9.17) is 5.73 Å². The minimum atomic E-state index is 0.490. The number of hydrogen-bond donors (Lipinski definition) is 1. The lowest BCUT2D eigenvalue weighted by Gasteiger charge is -2.35. The Bertz CT molecular complexity index is 263. The molecule has 0 amide bonds. The predicted octanol–water partition coefficient (Wildman–Crippen LogP) is 1.27. The van der Waals surface area contributed by atoms with Crippen LogP contribution in [0.25, 0.3) is 0 Å². The van der Waals surface area contributed by atoms with Crippen LogP contribution in [0.3, 0.4) is 0 Å². The molecular weight excluding hydrogens is 212 g/mol. The first-order valence-electron chi connectivity index (χ1n) is 6.91. The van der Waals surface area contributed by atoms with Crippen molar-refractivity contribution < 1.29 is 0 Å². The van der Waals surface area contributed by atoms with Gasteiger partial charge < -0.3 is 15.5 Å². The quantitative estimate of drug-likeness (QED) is 0.582. The van der Waals surface area contributed by atoms with Gasteiger partial charge in [0.25, 0.3) is 0 Å². The largest absolute Gasteiger partial charge is 0.370 e. The summed E-state index contributed by atoms with van der Waals surface area (Å²) in [5, 5.41) is 0. The van der Waals surface area contributed by atoms with E-state index in [2.05, 4.69) is 28.9 Å². The molecule has 2 N–H and O–H groups in total. The third-order valence-electron chi connectivity index (χ3n) is 4.24. The van der Waals surface area contributed by atoms with Crippen molar-refractivity contribution in [3.63, 3.8) is 0 Å². The topological polar surface area (TPSA) is 44.9 Å². The fraction of sp³-hybridized carbons (Fsp3) is 0.923. The van der Waals surface area contributed by atoms with Gasteiger partial charge in [0.1, 0.15) is 0 Å². The molecule has 17 heavy (non-hydrogen) atoms. The second-order valence-corrected chi connectivity index (χ2v) is 5.57. The minimum absolute atomic E-state index is 0.490. The van der Waals surface area contributed by atoms with Gasteiger partial charge in [-0.3, -0.25) is 0 Å². The van der Waals surface area contributed by atoms with E-state index in [1.54, 1.807) is 0 Å². The molecule has 4 nitrogen and oxygen atoms in total. The number of guanidine groups is 1. The van der Waals surface area contributed by atoms with Gasteiger partial charge in [-0.1, -0.05) is 12.8 Å². The molecule has 0 spiro atoms. The van der Waals surface area contributed by atoms with Gasteiger partial charge in [-0.15, -0.1) is 0 Å². The van der Waals surface area contributed by atoms with E-state index < -0.39 is 0 Å². The molecule has 0 aromatic heterocycles. The zero-order valence-electron chi connectivity index (χ0n) is 11.2. The van der Waals surface area contributed by atoms with Crippen molar-refractivity contribution in [2.75, 3.05) is 27.2 Å². The molecule has 0 aromatic carbocycles. The second-order valence-electron chi connectivity index (χ2n) is 5.57. The van der Waals surface area contributed by atoms with Crippen molar-refractivity contribution in [1.82, 2.24) is 9.80 Å². The second kappa shape index (κ2) is 5.71. The summed E-state index contributed by atoms with van der Waals surface area (Å²) < 4.78 is 0. The predicted molar refractivity (Wildman–Crippen MR) is 72.2 cm³/mol. The van der Waals surface area contributed by atoms with Crippen molar-refractivity contribution in [2.45, 2.75) is 50.6 Å². The lowest BCUT2D eigenvalue weighted by atomic mass is 10.0. The average molecular weight is 238 g/mol. The highest BCUT2D eigenvalue weighted by molar-refractivity contribution is 5.78. The van der Waals surface area contributed by atoms with Crippen LogP contribution >= 0.6 is 0 Å². The summed E-state index contributed by atoms with van der Waals surface area (Å²) in [6.07, 6.45) is 7.49. The maximum Gasteiger partial charge on any atom is 0.191 e. The maximum absolute atomic E-state index is 6.12. The molecule has 0 atom stereocenters. The SMILES string of the molecule is CN1CCC(N(C)C(N)=NC2CCCC2)CC1. The van der Waals surface area contributed by atoms with Crippen molar-refractivity contribution in [2.24, 2.45) is 10.7 Å². The maximum atomic E-state index is 6.12. The Morgan fingerprint density at radius 2 is 1.76 bits per heavy atom. The molecule has 1 saturated heterocycles. The van der Waals surface area contributed by atoms with Gasteiger partial charge in [-0.05, 0) is 45.8 Å². The minimum Gasteiger partial charge on any atom is -0.370 e. The van der Waals surface area contributed by atoms with E-state index in [0.29, 0.717) is 12.1 Å². The Labute approximate surface area is 105 Å². The normalized spacial score (nSPS) is 25.4. The number of piperidine rings is 1. The molecule has 1 saturated carbocycles. The molecular formula is C13H26N4. The fourth-order valence-corrected chi connectivity index (χ4v) is 2.88. The Balaban J connectivity index is 1.87. The van der Waals surface area contributed by atoms with Gasteiger partial charge in [-0.25, -0.2) is 4.99 Å². The van der Waals surface area contributed by atoms with Crippen LogP contribution in [0.1, 0.15) is 38.5 Å². The summed E-state index contributed by atoms with van der Waals surface area (Å²) in [5.74, 6) is 0.756. The first-order chi connectivity index (χ1) is 8.16. The zero-order valence-corrected chi connectivity index (χ0v) is 11.2. The monoisotopic (exact) mass is 238 g/mol. The number of likely N-dealkylation sites (tertiary alicyclic amines) is 1. The van der Waals surface area contributed by atoms with Crippen LogP contribution in [0, 0.1) is 0 Å². The van der Waals surface area contributed by atoms with Gasteiger partial charge in [0.05, 0.1) is 6.04 Å². The summed E-state index contributed by atoms with van der Waals surface area (Å²) >= 11 is 0. The molecule has 0 radical (unpaired) electrons. The molecule has 0 aromatic rings. The fourth-order valence-electron chi connectivity index (χ4n) is 2.88. The molecule has 4 heteroatoms.